The predicted molar refractivity (Wildman–Crippen MR) is 102 cm³/mol. The molecule has 1 aromatic carbocycles. The fourth-order valence-electron chi connectivity index (χ4n) is 5.22. The van der Waals surface area contributed by atoms with E-state index in [1.165, 1.54) is 18.4 Å². The van der Waals surface area contributed by atoms with Crippen molar-refractivity contribution in [1.29, 1.82) is 0 Å². The summed E-state index contributed by atoms with van der Waals surface area (Å²) in [5.41, 5.74) is 4.24. The number of nitrogens with one attached hydrogen (secondary N) is 1. The smallest absolute Gasteiger partial charge is 0.337 e. The zero-order valence-corrected chi connectivity index (χ0v) is 15.6. The third kappa shape index (κ3) is 2.46. The summed E-state index contributed by atoms with van der Waals surface area (Å²) in [6.07, 6.45) is 3.53. The van der Waals surface area contributed by atoms with E-state index in [0.29, 0.717) is 11.3 Å². The molecule has 27 heavy (non-hydrogen) atoms. The Bertz CT molecular complexity index is 953. The number of hydrogen-bond acceptors (Lipinski definition) is 5. The minimum atomic E-state index is -0.289. The Morgan fingerprint density at radius 3 is 3.11 bits per heavy atom. The second-order valence-corrected chi connectivity index (χ2v) is 7.92. The van der Waals surface area contributed by atoms with E-state index in [1.807, 2.05) is 12.1 Å². The molecule has 6 nitrogen and oxygen atoms in total. The van der Waals surface area contributed by atoms with Gasteiger partial charge >= 0.3 is 5.97 Å². The van der Waals surface area contributed by atoms with Crippen LogP contribution in [-0.2, 0) is 20.7 Å². The van der Waals surface area contributed by atoms with Gasteiger partial charge < -0.3 is 19.6 Å². The molecular formula is C21H26N2O4. The van der Waals surface area contributed by atoms with Crippen molar-refractivity contribution >= 4 is 16.9 Å². The second-order valence-electron chi connectivity index (χ2n) is 7.92. The van der Waals surface area contributed by atoms with Crippen molar-refractivity contribution < 1.29 is 20.8 Å². The van der Waals surface area contributed by atoms with Gasteiger partial charge in [0.05, 0.1) is 31.1 Å². The number of hydrogen-bond donors (Lipinski definition) is 2. The highest BCUT2D eigenvalue weighted by molar-refractivity contribution is 5.89. The van der Waals surface area contributed by atoms with Gasteiger partial charge in [-0.25, -0.2) is 4.79 Å². The Kier molecular flexibility index (Phi) is 3.72. The van der Waals surface area contributed by atoms with E-state index in [9.17, 15) is 9.90 Å². The molecule has 1 aromatic heterocycles. The highest BCUT2D eigenvalue weighted by Gasteiger charge is 2.46. The summed E-state index contributed by atoms with van der Waals surface area (Å²) in [4.78, 5) is 18.4. The predicted octanol–water partition coefficient (Wildman–Crippen LogP) is 3.13. The van der Waals surface area contributed by atoms with E-state index in [1.54, 1.807) is 12.3 Å². The van der Waals surface area contributed by atoms with Crippen LogP contribution in [0.25, 0.3) is 10.9 Å². The molecule has 1 unspecified atom stereocenters. The van der Waals surface area contributed by atoms with Crippen molar-refractivity contribution in [3.05, 3.63) is 41.3 Å². The van der Waals surface area contributed by atoms with E-state index in [2.05, 4.69) is 16.8 Å². The standard InChI is InChI=1S/C21H24N2O4.H2/c1-11-16-9-23-6-5-13-15-7-12(24)3-4-18(15)22-20(13)19(23)8-14(16)17(10-27-11)21(25)26-2;/h3-4,7,10-11,14,16,19,22,24H,5-6,8-9H2,1-2H3;1H/t11-,14?,16+,19+;/m0./s1. The fourth-order valence-corrected chi connectivity index (χ4v) is 5.22. The quantitative estimate of drug-likeness (QED) is 0.755. The van der Waals surface area contributed by atoms with Gasteiger partial charge in [-0.1, -0.05) is 0 Å². The van der Waals surface area contributed by atoms with Gasteiger partial charge in [0.15, 0.2) is 0 Å². The first-order valence-corrected chi connectivity index (χ1v) is 9.58. The Morgan fingerprint density at radius 1 is 1.44 bits per heavy atom. The van der Waals surface area contributed by atoms with Crippen molar-refractivity contribution in [2.45, 2.75) is 31.9 Å². The lowest BCUT2D eigenvalue weighted by molar-refractivity contribution is -0.139. The topological polar surface area (TPSA) is 74.8 Å². The number of carbonyl (C=O) groups is 1. The second kappa shape index (κ2) is 6.02. The maximum atomic E-state index is 12.3. The zero-order valence-electron chi connectivity index (χ0n) is 15.6. The molecular weight excluding hydrogens is 344 g/mol. The van der Waals surface area contributed by atoms with Gasteiger partial charge in [0.2, 0.25) is 0 Å². The molecule has 0 saturated carbocycles. The third-order valence-corrected chi connectivity index (χ3v) is 6.62. The molecule has 6 heteroatoms. The summed E-state index contributed by atoms with van der Waals surface area (Å²) in [6.45, 7) is 3.97. The number of phenols is 1. The maximum absolute atomic E-state index is 12.3. The molecule has 2 aromatic rings. The number of ether oxygens (including phenoxy) is 2. The molecule has 0 aliphatic carbocycles. The number of phenolic OH excluding ortho intramolecular Hbond substituents is 1. The Morgan fingerprint density at radius 2 is 2.30 bits per heavy atom. The lowest BCUT2D eigenvalue weighted by Gasteiger charge is -2.49. The molecule has 4 heterocycles. The summed E-state index contributed by atoms with van der Waals surface area (Å²) in [5, 5.41) is 11.0. The number of esters is 1. The zero-order chi connectivity index (χ0) is 18.7. The molecule has 2 N–H and O–H groups in total. The van der Waals surface area contributed by atoms with Gasteiger partial charge in [0.25, 0.3) is 0 Å². The third-order valence-electron chi connectivity index (χ3n) is 6.62. The maximum Gasteiger partial charge on any atom is 0.337 e. The number of rotatable bonds is 1. The SMILES string of the molecule is COC(=O)C1=CO[C@@H](C)[C@H]2CN3CCc4c([nH]c5ccc(O)cc45)[C@H]3CC12.[HH]. The molecule has 0 spiro atoms. The largest absolute Gasteiger partial charge is 0.508 e. The molecule has 0 amide bonds. The minimum absolute atomic E-state index is 0. The van der Waals surface area contributed by atoms with Gasteiger partial charge in [0.1, 0.15) is 5.75 Å². The lowest BCUT2D eigenvalue weighted by Crippen LogP contribution is -2.51. The molecule has 0 bridgehead atoms. The van der Waals surface area contributed by atoms with Gasteiger partial charge in [-0.2, -0.15) is 0 Å². The number of H-pyrrole nitrogens is 1. The van der Waals surface area contributed by atoms with Crippen LogP contribution in [0.5, 0.6) is 5.75 Å². The van der Waals surface area contributed by atoms with Crippen LogP contribution in [-0.4, -0.2) is 47.3 Å². The first-order chi connectivity index (χ1) is 13.1. The highest BCUT2D eigenvalue weighted by atomic mass is 16.5. The van der Waals surface area contributed by atoms with E-state index >= 15 is 0 Å². The van der Waals surface area contributed by atoms with Gasteiger partial charge in [-0.15, -0.1) is 0 Å². The number of aromatic hydroxyl groups is 1. The number of methoxy groups -OCH3 is 1. The van der Waals surface area contributed by atoms with Crippen LogP contribution in [0.3, 0.4) is 0 Å². The highest BCUT2D eigenvalue weighted by Crippen LogP contribution is 2.47. The van der Waals surface area contributed by atoms with Crippen molar-refractivity contribution in [2.75, 3.05) is 20.2 Å². The minimum Gasteiger partial charge on any atom is -0.508 e. The Hall–Kier alpha value is -2.47. The average Bonchev–Trinajstić information content (AvgIpc) is 3.05. The summed E-state index contributed by atoms with van der Waals surface area (Å²) in [5.74, 6) is 0.427. The monoisotopic (exact) mass is 370 g/mol. The number of fused-ring (bicyclic) bond motifs is 6. The molecule has 3 aliphatic rings. The number of aromatic nitrogens is 1. The molecule has 3 aliphatic heterocycles. The Labute approximate surface area is 159 Å². The van der Waals surface area contributed by atoms with Crippen LogP contribution < -0.4 is 0 Å². The van der Waals surface area contributed by atoms with Crippen LogP contribution in [0.4, 0.5) is 0 Å². The van der Waals surface area contributed by atoms with Crippen LogP contribution >= 0.6 is 0 Å². The molecule has 5 rings (SSSR count). The normalized spacial score (nSPS) is 29.9. The van der Waals surface area contributed by atoms with Crippen LogP contribution in [0.2, 0.25) is 0 Å². The van der Waals surface area contributed by atoms with Crippen molar-refractivity contribution in [3.8, 4) is 5.75 Å². The van der Waals surface area contributed by atoms with Gasteiger partial charge in [0, 0.05) is 42.9 Å². The molecule has 1 saturated heterocycles. The summed E-state index contributed by atoms with van der Waals surface area (Å²) in [6, 6.07) is 5.75. The van der Waals surface area contributed by atoms with E-state index in [0.717, 1.165) is 36.8 Å². The first-order valence-electron chi connectivity index (χ1n) is 9.58. The molecule has 1 fully saturated rings. The number of benzene rings is 1. The van der Waals surface area contributed by atoms with Crippen LogP contribution in [0, 0.1) is 11.8 Å². The molecule has 0 radical (unpaired) electrons. The Balaban J connectivity index is 0.00000192. The summed E-state index contributed by atoms with van der Waals surface area (Å²) in [7, 11) is 1.42. The average molecular weight is 370 g/mol. The number of aromatic amines is 1. The molecule has 4 atom stereocenters. The van der Waals surface area contributed by atoms with E-state index < -0.39 is 0 Å². The van der Waals surface area contributed by atoms with Crippen molar-refractivity contribution in [3.63, 3.8) is 0 Å². The lowest BCUT2D eigenvalue weighted by atomic mass is 9.72. The molecule has 144 valence electrons. The number of nitrogens with zero attached hydrogens (tertiary/aromatic N) is 1. The first kappa shape index (κ1) is 16.7. The summed E-state index contributed by atoms with van der Waals surface area (Å²) < 4.78 is 10.8. The van der Waals surface area contributed by atoms with Crippen LogP contribution in [0.15, 0.2) is 30.0 Å². The van der Waals surface area contributed by atoms with E-state index in [-0.39, 0.29) is 31.4 Å². The van der Waals surface area contributed by atoms with Crippen LogP contribution in [0.1, 0.15) is 32.1 Å². The number of piperidine rings is 1. The van der Waals surface area contributed by atoms with Gasteiger partial charge in [-0.3, -0.25) is 4.90 Å². The van der Waals surface area contributed by atoms with Crippen molar-refractivity contribution in [2.24, 2.45) is 11.8 Å². The number of carbonyl (C=O) groups excluding carboxylic acids is 1. The van der Waals surface area contributed by atoms with Gasteiger partial charge in [-0.05, 0) is 43.5 Å². The fraction of sp³-hybridized carbons (Fsp3) is 0.476. The summed E-state index contributed by atoms with van der Waals surface area (Å²) >= 11 is 0. The van der Waals surface area contributed by atoms with E-state index in [4.69, 9.17) is 9.47 Å². The van der Waals surface area contributed by atoms with Crippen molar-refractivity contribution in [1.82, 2.24) is 9.88 Å².